The fraction of sp³-hybridized carbons (Fsp3) is 1.00. The van der Waals surface area contributed by atoms with Crippen molar-refractivity contribution in [3.8, 4) is 0 Å². The number of nitrogens with one attached hydrogen (secondary N) is 1. The van der Waals surface area contributed by atoms with Gasteiger partial charge < -0.3 is 16.0 Å². The van der Waals surface area contributed by atoms with E-state index in [1.54, 1.807) is 0 Å². The van der Waals surface area contributed by atoms with Gasteiger partial charge in [-0.25, -0.2) is 0 Å². The van der Waals surface area contributed by atoms with E-state index in [9.17, 15) is 0 Å². The van der Waals surface area contributed by atoms with Crippen molar-refractivity contribution < 1.29 is 0 Å². The molecule has 1 aliphatic heterocycles. The Morgan fingerprint density at radius 2 is 2.17 bits per heavy atom. The van der Waals surface area contributed by atoms with Crippen molar-refractivity contribution in [1.82, 2.24) is 10.2 Å². The SMILES string of the molecule is CCC(CN)CNCC(C)(C)C1CCCN(C)C1. The topological polar surface area (TPSA) is 41.3 Å². The van der Waals surface area contributed by atoms with Gasteiger partial charge in [0, 0.05) is 13.1 Å². The molecule has 108 valence electrons. The molecule has 1 aliphatic rings. The van der Waals surface area contributed by atoms with Crippen molar-refractivity contribution >= 4 is 0 Å². The Bertz CT molecular complexity index is 224. The summed E-state index contributed by atoms with van der Waals surface area (Å²) in [5.74, 6) is 1.46. The molecule has 1 rings (SSSR count). The molecule has 0 bridgehead atoms. The highest BCUT2D eigenvalue weighted by molar-refractivity contribution is 4.85. The molecule has 3 heteroatoms. The second kappa shape index (κ2) is 7.46. The summed E-state index contributed by atoms with van der Waals surface area (Å²) < 4.78 is 0. The molecule has 0 amide bonds. The minimum absolute atomic E-state index is 0.390. The first-order valence-corrected chi connectivity index (χ1v) is 7.59. The van der Waals surface area contributed by atoms with E-state index in [1.807, 2.05) is 0 Å². The van der Waals surface area contributed by atoms with Gasteiger partial charge in [-0.2, -0.15) is 0 Å². The van der Waals surface area contributed by atoms with Crippen LogP contribution in [0.3, 0.4) is 0 Å². The summed E-state index contributed by atoms with van der Waals surface area (Å²) >= 11 is 0. The van der Waals surface area contributed by atoms with E-state index in [4.69, 9.17) is 5.73 Å². The zero-order valence-electron chi connectivity index (χ0n) is 12.8. The van der Waals surface area contributed by atoms with E-state index >= 15 is 0 Å². The lowest BCUT2D eigenvalue weighted by Gasteiger charge is -2.40. The molecule has 18 heavy (non-hydrogen) atoms. The molecule has 0 aliphatic carbocycles. The summed E-state index contributed by atoms with van der Waals surface area (Å²) in [6, 6.07) is 0. The number of likely N-dealkylation sites (tertiary alicyclic amines) is 1. The van der Waals surface area contributed by atoms with Crippen molar-refractivity contribution in [2.75, 3.05) is 39.8 Å². The standard InChI is InChI=1S/C15H33N3/c1-5-13(9-16)10-17-12-15(2,3)14-7-6-8-18(4)11-14/h13-14,17H,5-12,16H2,1-4H3. The van der Waals surface area contributed by atoms with Gasteiger partial charge in [0.1, 0.15) is 0 Å². The maximum absolute atomic E-state index is 5.75. The van der Waals surface area contributed by atoms with Crippen LogP contribution in [0, 0.1) is 17.3 Å². The summed E-state index contributed by atoms with van der Waals surface area (Å²) in [6.07, 6.45) is 3.91. The zero-order valence-corrected chi connectivity index (χ0v) is 12.8. The number of nitrogens with two attached hydrogens (primary N) is 1. The average Bonchev–Trinajstić information content (AvgIpc) is 2.34. The number of piperidine rings is 1. The molecule has 0 spiro atoms. The quantitative estimate of drug-likeness (QED) is 0.730. The molecule has 2 unspecified atom stereocenters. The van der Waals surface area contributed by atoms with Gasteiger partial charge >= 0.3 is 0 Å². The Morgan fingerprint density at radius 1 is 1.44 bits per heavy atom. The molecular formula is C15H33N3. The molecule has 0 radical (unpaired) electrons. The van der Waals surface area contributed by atoms with Gasteiger partial charge in [-0.15, -0.1) is 0 Å². The van der Waals surface area contributed by atoms with Crippen molar-refractivity contribution in [3.05, 3.63) is 0 Å². The monoisotopic (exact) mass is 255 g/mol. The maximum Gasteiger partial charge on any atom is 0.00122 e. The first-order valence-electron chi connectivity index (χ1n) is 7.59. The first kappa shape index (κ1) is 15.9. The van der Waals surface area contributed by atoms with Crippen LogP contribution >= 0.6 is 0 Å². The predicted molar refractivity (Wildman–Crippen MR) is 79.7 cm³/mol. The van der Waals surface area contributed by atoms with Crippen LogP contribution in [0.15, 0.2) is 0 Å². The summed E-state index contributed by atoms with van der Waals surface area (Å²) in [7, 11) is 2.25. The Labute approximate surface area is 113 Å². The lowest BCUT2D eigenvalue weighted by atomic mass is 9.74. The van der Waals surface area contributed by atoms with Crippen LogP contribution < -0.4 is 11.1 Å². The van der Waals surface area contributed by atoms with E-state index in [1.165, 1.54) is 32.4 Å². The van der Waals surface area contributed by atoms with E-state index < -0.39 is 0 Å². The molecular weight excluding hydrogens is 222 g/mol. The van der Waals surface area contributed by atoms with Crippen molar-refractivity contribution in [3.63, 3.8) is 0 Å². The molecule has 0 aromatic heterocycles. The number of rotatable bonds is 7. The lowest BCUT2D eigenvalue weighted by molar-refractivity contribution is 0.102. The van der Waals surface area contributed by atoms with Gasteiger partial charge in [-0.1, -0.05) is 27.2 Å². The van der Waals surface area contributed by atoms with Crippen LogP contribution in [0.5, 0.6) is 0 Å². The minimum Gasteiger partial charge on any atom is -0.330 e. The van der Waals surface area contributed by atoms with E-state index in [0.717, 1.165) is 25.6 Å². The third kappa shape index (κ3) is 4.87. The Balaban J connectivity index is 2.34. The third-order valence-corrected chi connectivity index (χ3v) is 4.65. The lowest BCUT2D eigenvalue weighted by Crippen LogP contribution is -2.45. The van der Waals surface area contributed by atoms with Gasteiger partial charge in [0.15, 0.2) is 0 Å². The molecule has 1 heterocycles. The molecule has 3 N–H and O–H groups in total. The summed E-state index contributed by atoms with van der Waals surface area (Å²) in [6.45, 7) is 12.5. The fourth-order valence-electron chi connectivity index (χ4n) is 2.94. The molecule has 1 fully saturated rings. The van der Waals surface area contributed by atoms with Crippen LogP contribution in [0.25, 0.3) is 0 Å². The molecule has 0 aromatic rings. The Kier molecular flexibility index (Phi) is 6.61. The van der Waals surface area contributed by atoms with Crippen LogP contribution in [0.4, 0.5) is 0 Å². The van der Waals surface area contributed by atoms with Crippen molar-refractivity contribution in [2.45, 2.75) is 40.0 Å². The first-order chi connectivity index (χ1) is 8.49. The van der Waals surface area contributed by atoms with E-state index in [-0.39, 0.29) is 0 Å². The molecule has 2 atom stereocenters. The number of hydrogen-bond acceptors (Lipinski definition) is 3. The summed E-state index contributed by atoms with van der Waals surface area (Å²) in [5.41, 5.74) is 6.14. The summed E-state index contributed by atoms with van der Waals surface area (Å²) in [4.78, 5) is 2.48. The number of hydrogen-bond donors (Lipinski definition) is 2. The molecule has 0 saturated carbocycles. The second-order valence-corrected chi connectivity index (χ2v) is 6.73. The average molecular weight is 255 g/mol. The number of nitrogens with zero attached hydrogens (tertiary/aromatic N) is 1. The third-order valence-electron chi connectivity index (χ3n) is 4.65. The van der Waals surface area contributed by atoms with Crippen LogP contribution in [0.1, 0.15) is 40.0 Å². The van der Waals surface area contributed by atoms with E-state index in [2.05, 4.69) is 38.0 Å². The molecule has 1 saturated heterocycles. The highest BCUT2D eigenvalue weighted by Gasteiger charge is 2.31. The largest absolute Gasteiger partial charge is 0.330 e. The summed E-state index contributed by atoms with van der Waals surface area (Å²) in [5, 5.41) is 3.64. The zero-order chi connectivity index (χ0) is 13.6. The smallest absolute Gasteiger partial charge is 0.00122 e. The van der Waals surface area contributed by atoms with Crippen LogP contribution in [0.2, 0.25) is 0 Å². The predicted octanol–water partition coefficient (Wildman–Crippen LogP) is 1.93. The van der Waals surface area contributed by atoms with Crippen molar-refractivity contribution in [1.29, 1.82) is 0 Å². The highest BCUT2D eigenvalue weighted by atomic mass is 15.1. The second-order valence-electron chi connectivity index (χ2n) is 6.73. The van der Waals surface area contributed by atoms with Gasteiger partial charge in [-0.05, 0) is 56.8 Å². The fourth-order valence-corrected chi connectivity index (χ4v) is 2.94. The highest BCUT2D eigenvalue weighted by Crippen LogP contribution is 2.32. The van der Waals surface area contributed by atoms with Crippen LogP contribution in [-0.2, 0) is 0 Å². The van der Waals surface area contributed by atoms with Crippen LogP contribution in [-0.4, -0.2) is 44.7 Å². The Hall–Kier alpha value is -0.120. The van der Waals surface area contributed by atoms with Gasteiger partial charge in [0.2, 0.25) is 0 Å². The minimum atomic E-state index is 0.390. The van der Waals surface area contributed by atoms with E-state index in [0.29, 0.717) is 11.3 Å². The maximum atomic E-state index is 5.75. The Morgan fingerprint density at radius 3 is 2.72 bits per heavy atom. The van der Waals surface area contributed by atoms with Gasteiger partial charge in [0.05, 0.1) is 0 Å². The normalized spacial score (nSPS) is 24.2. The van der Waals surface area contributed by atoms with Crippen molar-refractivity contribution in [2.24, 2.45) is 23.0 Å². The van der Waals surface area contributed by atoms with Gasteiger partial charge in [0.25, 0.3) is 0 Å². The molecule has 0 aromatic carbocycles. The van der Waals surface area contributed by atoms with Gasteiger partial charge in [-0.3, -0.25) is 0 Å². The molecule has 3 nitrogen and oxygen atoms in total.